The minimum atomic E-state index is -1.82. The van der Waals surface area contributed by atoms with Crippen molar-refractivity contribution < 1.29 is 29.3 Å². The molecule has 0 aliphatic heterocycles. The number of aromatic amines is 1. The van der Waals surface area contributed by atoms with Crippen molar-refractivity contribution in [2.75, 3.05) is 12.4 Å². The molecule has 0 bridgehead atoms. The molecule has 1 amide bonds. The molecule has 0 saturated heterocycles. The molecule has 1 aliphatic rings. The van der Waals surface area contributed by atoms with Crippen LogP contribution in [0.5, 0.6) is 5.75 Å². The molecular formula is C25H27N3O6. The predicted molar refractivity (Wildman–Crippen MR) is 129 cm³/mol. The Morgan fingerprint density at radius 1 is 1.15 bits per heavy atom. The lowest BCUT2D eigenvalue weighted by Crippen LogP contribution is -2.27. The van der Waals surface area contributed by atoms with Crippen molar-refractivity contribution in [3.63, 3.8) is 0 Å². The summed E-state index contributed by atoms with van der Waals surface area (Å²) in [7, 11) is 1.64. The Morgan fingerprint density at radius 2 is 1.85 bits per heavy atom. The Kier molecular flexibility index (Phi) is 8.05. The number of hydrogen-bond acceptors (Lipinski definition) is 5. The van der Waals surface area contributed by atoms with Gasteiger partial charge in [-0.2, -0.15) is 0 Å². The number of methoxy groups -OCH3 is 1. The van der Waals surface area contributed by atoms with Crippen LogP contribution in [0.25, 0.3) is 17.0 Å². The van der Waals surface area contributed by atoms with Gasteiger partial charge in [0.15, 0.2) is 0 Å². The first kappa shape index (κ1) is 24.5. The van der Waals surface area contributed by atoms with Crippen LogP contribution in [0.4, 0.5) is 5.69 Å². The van der Waals surface area contributed by atoms with Gasteiger partial charge in [0.25, 0.3) is 0 Å². The number of nitrogens with two attached hydrogens (primary N) is 1. The van der Waals surface area contributed by atoms with Crippen molar-refractivity contribution in [2.45, 2.75) is 31.7 Å². The molecule has 4 rings (SSSR count). The number of rotatable bonds is 5. The average molecular weight is 466 g/mol. The van der Waals surface area contributed by atoms with Crippen molar-refractivity contribution >= 4 is 40.5 Å². The summed E-state index contributed by atoms with van der Waals surface area (Å²) < 4.78 is 5.15. The summed E-state index contributed by atoms with van der Waals surface area (Å²) in [6.07, 6.45) is 7.02. The number of carboxylic acid groups (broad SMARTS) is 2. The van der Waals surface area contributed by atoms with E-state index in [1.54, 1.807) is 7.11 Å². The van der Waals surface area contributed by atoms with Crippen LogP contribution in [0, 0.1) is 0 Å². The number of fused-ring (bicyclic) bond motifs is 3. The topological polar surface area (TPSA) is 155 Å². The molecule has 9 nitrogen and oxygen atoms in total. The fourth-order valence-electron chi connectivity index (χ4n) is 3.75. The van der Waals surface area contributed by atoms with Gasteiger partial charge >= 0.3 is 11.9 Å². The monoisotopic (exact) mass is 465 g/mol. The van der Waals surface area contributed by atoms with Crippen LogP contribution in [0.2, 0.25) is 0 Å². The molecule has 9 heteroatoms. The summed E-state index contributed by atoms with van der Waals surface area (Å²) in [5, 5.41) is 18.9. The van der Waals surface area contributed by atoms with Crippen LogP contribution in [0.1, 0.15) is 29.7 Å². The molecule has 0 spiro atoms. The number of nitrogens with one attached hydrogen (secondary N) is 2. The number of aliphatic carboxylic acids is 2. The molecule has 1 atom stereocenters. The van der Waals surface area contributed by atoms with Gasteiger partial charge in [0.1, 0.15) is 5.75 Å². The lowest BCUT2D eigenvalue weighted by molar-refractivity contribution is -0.159. The van der Waals surface area contributed by atoms with E-state index in [2.05, 4.69) is 10.3 Å². The van der Waals surface area contributed by atoms with Gasteiger partial charge in [-0.15, -0.1) is 0 Å². The van der Waals surface area contributed by atoms with E-state index in [4.69, 9.17) is 30.3 Å². The number of carbonyl (C=O) groups is 3. The first-order valence-electron chi connectivity index (χ1n) is 10.7. The number of amides is 1. The Bertz CT molecular complexity index is 1200. The molecule has 0 fully saturated rings. The molecule has 3 aromatic rings. The van der Waals surface area contributed by atoms with E-state index in [0.717, 1.165) is 47.2 Å². The van der Waals surface area contributed by atoms with Crippen molar-refractivity contribution in [2.24, 2.45) is 5.73 Å². The molecule has 6 N–H and O–H groups in total. The number of benzene rings is 2. The maximum atomic E-state index is 12.3. The summed E-state index contributed by atoms with van der Waals surface area (Å²) >= 11 is 0. The number of H-pyrrole nitrogens is 1. The van der Waals surface area contributed by atoms with Gasteiger partial charge in [-0.05, 0) is 60.7 Å². The number of carbonyl (C=O) groups excluding carboxylic acids is 1. The molecule has 1 aliphatic carbocycles. The van der Waals surface area contributed by atoms with E-state index in [1.807, 2.05) is 54.6 Å². The quantitative estimate of drug-likeness (QED) is 0.362. The van der Waals surface area contributed by atoms with Crippen LogP contribution in [0.3, 0.4) is 0 Å². The van der Waals surface area contributed by atoms with Gasteiger partial charge in [0.05, 0.1) is 7.11 Å². The van der Waals surface area contributed by atoms with Gasteiger partial charge in [-0.3, -0.25) is 4.79 Å². The Morgan fingerprint density at radius 3 is 2.50 bits per heavy atom. The molecule has 1 unspecified atom stereocenters. The molecule has 34 heavy (non-hydrogen) atoms. The third-order valence-electron chi connectivity index (χ3n) is 5.42. The summed E-state index contributed by atoms with van der Waals surface area (Å²) in [6.45, 7) is 0. The number of anilines is 1. The normalized spacial score (nSPS) is 14.7. The fraction of sp³-hybridized carbons (Fsp3) is 0.240. The fourth-order valence-corrected chi connectivity index (χ4v) is 3.75. The number of aryl methyl sites for hydroxylation is 1. The maximum absolute atomic E-state index is 12.3. The zero-order chi connectivity index (χ0) is 24.7. The first-order valence-corrected chi connectivity index (χ1v) is 10.7. The van der Waals surface area contributed by atoms with E-state index in [0.29, 0.717) is 6.42 Å². The molecule has 0 radical (unpaired) electrons. The lowest BCUT2D eigenvalue weighted by atomic mass is 9.92. The molecular weight excluding hydrogens is 438 g/mol. The predicted octanol–water partition coefficient (Wildman–Crippen LogP) is 3.19. The minimum absolute atomic E-state index is 0.0368. The van der Waals surface area contributed by atoms with Crippen LogP contribution in [-0.2, 0) is 27.2 Å². The highest BCUT2D eigenvalue weighted by Crippen LogP contribution is 2.30. The summed E-state index contributed by atoms with van der Waals surface area (Å²) in [5.74, 6) is -2.87. The molecule has 1 aromatic heterocycles. The van der Waals surface area contributed by atoms with E-state index in [-0.39, 0.29) is 11.9 Å². The van der Waals surface area contributed by atoms with Crippen molar-refractivity contribution in [1.82, 2.24) is 4.98 Å². The summed E-state index contributed by atoms with van der Waals surface area (Å²) in [6, 6.07) is 14.0. The molecule has 2 aromatic carbocycles. The van der Waals surface area contributed by atoms with Crippen molar-refractivity contribution in [1.29, 1.82) is 0 Å². The second-order valence-corrected chi connectivity index (χ2v) is 7.88. The number of aromatic nitrogens is 1. The highest BCUT2D eigenvalue weighted by Gasteiger charge is 2.20. The smallest absolute Gasteiger partial charge is 0.414 e. The first-order chi connectivity index (χ1) is 16.3. The maximum Gasteiger partial charge on any atom is 0.414 e. The Hall–Kier alpha value is -4.11. The van der Waals surface area contributed by atoms with Crippen LogP contribution >= 0.6 is 0 Å². The molecule has 1 heterocycles. The van der Waals surface area contributed by atoms with Gasteiger partial charge in [-0.25, -0.2) is 9.59 Å². The Labute approximate surface area is 196 Å². The van der Waals surface area contributed by atoms with Gasteiger partial charge in [-0.1, -0.05) is 24.3 Å². The van der Waals surface area contributed by atoms with E-state index < -0.39 is 11.9 Å². The average Bonchev–Trinajstić information content (AvgIpc) is 3.17. The molecule has 178 valence electrons. The van der Waals surface area contributed by atoms with Gasteiger partial charge in [0, 0.05) is 34.7 Å². The number of ether oxygens (including phenoxy) is 1. The highest BCUT2D eigenvalue weighted by molar-refractivity contribution is 6.27. The second kappa shape index (κ2) is 11.2. The zero-order valence-corrected chi connectivity index (χ0v) is 18.7. The van der Waals surface area contributed by atoms with E-state index >= 15 is 0 Å². The largest absolute Gasteiger partial charge is 0.497 e. The van der Waals surface area contributed by atoms with Gasteiger partial charge < -0.3 is 31.0 Å². The summed E-state index contributed by atoms with van der Waals surface area (Å²) in [5.41, 5.74) is 11.7. The number of hydrogen-bond donors (Lipinski definition) is 5. The van der Waals surface area contributed by atoms with E-state index in [9.17, 15) is 4.79 Å². The lowest BCUT2D eigenvalue weighted by Gasteiger charge is -2.18. The number of carboxylic acids is 2. The van der Waals surface area contributed by atoms with Crippen LogP contribution in [-0.4, -0.2) is 46.2 Å². The minimum Gasteiger partial charge on any atom is -0.497 e. The van der Waals surface area contributed by atoms with E-state index in [1.165, 1.54) is 11.3 Å². The summed E-state index contributed by atoms with van der Waals surface area (Å²) in [4.78, 5) is 34.0. The third kappa shape index (κ3) is 6.46. The van der Waals surface area contributed by atoms with Crippen molar-refractivity contribution in [3.05, 3.63) is 65.4 Å². The third-order valence-corrected chi connectivity index (χ3v) is 5.42. The second-order valence-electron chi connectivity index (χ2n) is 7.88. The van der Waals surface area contributed by atoms with Crippen LogP contribution < -0.4 is 15.8 Å². The SMILES string of the molecule is COc1ccc(/C=C/CC(=O)Nc2ccc3[nH]c4c(c3c2)CC(N)CC4)cc1.O=C(O)C(=O)O. The molecule has 0 saturated carbocycles. The standard InChI is InChI=1S/C23H25N3O2.C2H2O4/c1-28-18-9-5-15(6-10-18)3-2-4-23(27)25-17-8-12-22-20(14-17)19-13-16(24)7-11-21(19)26-22;3-1(4)2(5)6/h2-3,5-6,8-10,12,14,16,26H,4,7,11,13,24H2,1H3,(H,25,27);(H,3,4)(H,5,6)/b3-2+;. The highest BCUT2D eigenvalue weighted by atomic mass is 16.5. The van der Waals surface area contributed by atoms with Gasteiger partial charge in [0.2, 0.25) is 5.91 Å². The van der Waals surface area contributed by atoms with Crippen molar-refractivity contribution in [3.8, 4) is 5.75 Å². The Balaban J connectivity index is 0.000000481. The van der Waals surface area contributed by atoms with Crippen LogP contribution in [0.15, 0.2) is 48.5 Å². The zero-order valence-electron chi connectivity index (χ0n) is 18.7.